The second kappa shape index (κ2) is 17.5. The summed E-state index contributed by atoms with van der Waals surface area (Å²) in [6, 6.07) is 40.2. The third-order valence-electron chi connectivity index (χ3n) is 9.83. The predicted molar refractivity (Wildman–Crippen MR) is 219 cm³/mol. The molecule has 0 N–H and O–H groups in total. The molecule has 0 saturated carbocycles. The Kier molecular flexibility index (Phi) is 12.6. The summed E-state index contributed by atoms with van der Waals surface area (Å²) in [5.41, 5.74) is 4.46. The number of hydrogen-bond acceptors (Lipinski definition) is 7. The van der Waals surface area contributed by atoms with E-state index in [0.717, 1.165) is 44.9 Å². The fourth-order valence-electron chi connectivity index (χ4n) is 6.48. The molecule has 6 rings (SSSR count). The highest BCUT2D eigenvalue weighted by Crippen LogP contribution is 2.49. The molecular formula is C46H46N2O5Si2. The van der Waals surface area contributed by atoms with Crippen LogP contribution in [0.3, 0.4) is 0 Å². The van der Waals surface area contributed by atoms with Gasteiger partial charge in [-0.15, -0.1) is 0 Å². The summed E-state index contributed by atoms with van der Waals surface area (Å²) in [6.07, 6.45) is 0. The smallest absolute Gasteiger partial charge is 0.222 e. The minimum absolute atomic E-state index is 0.324. The Morgan fingerprint density at radius 2 is 0.855 bits per heavy atom. The maximum atomic E-state index is 7.85. The molecule has 6 aromatic rings. The number of rotatable bonds is 16. The molecule has 2 heterocycles. The van der Waals surface area contributed by atoms with Crippen molar-refractivity contribution in [3.8, 4) is 34.8 Å². The van der Waals surface area contributed by atoms with Gasteiger partial charge in [-0.25, -0.2) is 9.97 Å². The van der Waals surface area contributed by atoms with Gasteiger partial charge in [0.1, 0.15) is 34.2 Å². The van der Waals surface area contributed by atoms with Crippen LogP contribution in [-0.2, 0) is 15.9 Å². The van der Waals surface area contributed by atoms with Gasteiger partial charge >= 0.3 is 0 Å². The molecule has 0 aliphatic carbocycles. The summed E-state index contributed by atoms with van der Waals surface area (Å²) in [6.45, 7) is 13.2. The van der Waals surface area contributed by atoms with E-state index in [1.54, 1.807) is 0 Å². The highest BCUT2D eigenvalue weighted by atomic mass is 28.1. The van der Waals surface area contributed by atoms with E-state index in [9.17, 15) is 0 Å². The molecule has 9 heteroatoms. The topological polar surface area (TPSA) is 71.9 Å². The van der Waals surface area contributed by atoms with Crippen LogP contribution in [0.4, 0.5) is 0 Å². The minimum Gasteiger partial charge on any atom is -0.494 e. The lowest BCUT2D eigenvalue weighted by molar-refractivity contribution is -0.110. The van der Waals surface area contributed by atoms with E-state index in [1.165, 1.54) is 0 Å². The maximum Gasteiger partial charge on any atom is 0.222 e. The number of aryl methyl sites for hydroxylation is 2. The number of hydrogen-bond donors (Lipinski definition) is 0. The van der Waals surface area contributed by atoms with Crippen molar-refractivity contribution in [2.24, 2.45) is 0 Å². The van der Waals surface area contributed by atoms with E-state index in [0.29, 0.717) is 59.9 Å². The number of para-hydroxylation sites is 2. The van der Waals surface area contributed by atoms with Gasteiger partial charge in [-0.3, -0.25) is 0 Å². The quantitative estimate of drug-likeness (QED) is 0.0909. The van der Waals surface area contributed by atoms with Crippen LogP contribution in [0, 0.1) is 27.7 Å². The van der Waals surface area contributed by atoms with Crippen LogP contribution in [0.5, 0.6) is 34.8 Å². The van der Waals surface area contributed by atoms with E-state index in [1.807, 2.05) is 137 Å². The molecule has 0 amide bonds. The average molecular weight is 763 g/mol. The highest BCUT2D eigenvalue weighted by Gasteiger charge is 2.47. The van der Waals surface area contributed by atoms with Crippen molar-refractivity contribution in [2.45, 2.75) is 64.8 Å². The normalized spacial score (nSPS) is 13.4. The third-order valence-corrected chi connectivity index (χ3v) is 10.8. The second-order valence-electron chi connectivity index (χ2n) is 13.4. The van der Waals surface area contributed by atoms with Crippen molar-refractivity contribution in [2.75, 3.05) is 13.2 Å². The van der Waals surface area contributed by atoms with Crippen LogP contribution in [0.2, 0.25) is 12.1 Å². The van der Waals surface area contributed by atoms with Crippen molar-refractivity contribution in [3.05, 3.63) is 166 Å². The molecule has 6 radical (unpaired) electrons. The van der Waals surface area contributed by atoms with Crippen LogP contribution < -0.4 is 18.9 Å². The Labute approximate surface area is 331 Å². The lowest BCUT2D eigenvalue weighted by Crippen LogP contribution is -2.44. The summed E-state index contributed by atoms with van der Waals surface area (Å²) in [7, 11) is 8.05. The molecule has 0 aliphatic heterocycles. The van der Waals surface area contributed by atoms with Crippen molar-refractivity contribution < 1.29 is 23.7 Å². The fourth-order valence-corrected chi connectivity index (χ4v) is 7.39. The summed E-state index contributed by atoms with van der Waals surface area (Å²) in [4.78, 5) is 10.5. The van der Waals surface area contributed by atoms with Crippen molar-refractivity contribution in [1.82, 2.24) is 9.97 Å². The van der Waals surface area contributed by atoms with Crippen LogP contribution in [0.25, 0.3) is 0 Å². The van der Waals surface area contributed by atoms with E-state index < -0.39 is 11.2 Å². The lowest BCUT2D eigenvalue weighted by Gasteiger charge is -2.44. The molecule has 0 fully saturated rings. The molecule has 2 unspecified atom stereocenters. The Morgan fingerprint density at radius 3 is 1.18 bits per heavy atom. The fraction of sp³-hybridized carbons (Fsp3) is 0.261. The molecule has 4 aromatic carbocycles. The predicted octanol–water partition coefficient (Wildman–Crippen LogP) is 10.5. The van der Waals surface area contributed by atoms with Crippen LogP contribution in [-0.4, -0.2) is 43.7 Å². The first-order valence-corrected chi connectivity index (χ1v) is 20.0. The van der Waals surface area contributed by atoms with Gasteiger partial charge in [0.25, 0.3) is 0 Å². The molecule has 2 aromatic heterocycles. The average Bonchev–Trinajstić information content (AvgIpc) is 3.21. The summed E-state index contributed by atoms with van der Waals surface area (Å²) in [5.74, 6) is 3.88. The minimum atomic E-state index is -1.21. The van der Waals surface area contributed by atoms with Crippen LogP contribution in [0.1, 0.15) is 58.6 Å². The molecule has 278 valence electrons. The van der Waals surface area contributed by atoms with Gasteiger partial charge in [-0.2, -0.15) is 0 Å². The lowest BCUT2D eigenvalue weighted by atomic mass is 9.85. The third kappa shape index (κ3) is 8.39. The van der Waals surface area contributed by atoms with E-state index in [4.69, 9.17) is 33.7 Å². The standard InChI is InChI=1S/C46H46N2O5Si2/c1-7-49-37-23-19-35(20-24-37)45(29-54,41-27-31(3)33(5)43(47-41)51-39-15-11-9-12-16-39)53-46(30-55,36-21-25-38(26-22-36)50-8-2)42-28-32(4)34(6)44(48-42)52-40-17-13-10-14-18-40/h9-28H,7-8,29-30H2,1-6H3. The van der Waals surface area contributed by atoms with Gasteiger partial charge < -0.3 is 23.7 Å². The van der Waals surface area contributed by atoms with E-state index in [2.05, 4.69) is 46.5 Å². The number of pyridine rings is 2. The summed E-state index contributed by atoms with van der Waals surface area (Å²) < 4.78 is 32.5. The Balaban J connectivity index is 1.62. The zero-order valence-electron chi connectivity index (χ0n) is 32.3. The molecular weight excluding hydrogens is 717 g/mol. The zero-order chi connectivity index (χ0) is 39.0. The molecule has 7 nitrogen and oxygen atoms in total. The van der Waals surface area contributed by atoms with Gasteiger partial charge in [-0.05, 0) is 137 Å². The zero-order valence-corrected chi connectivity index (χ0v) is 34.3. The van der Waals surface area contributed by atoms with Crippen LogP contribution >= 0.6 is 0 Å². The Hall–Kier alpha value is -5.23. The Bertz CT molecular complexity index is 2030. The summed E-state index contributed by atoms with van der Waals surface area (Å²) in [5, 5.41) is 0. The number of benzene rings is 4. The van der Waals surface area contributed by atoms with Gasteiger partial charge in [0.15, 0.2) is 0 Å². The van der Waals surface area contributed by atoms with Gasteiger partial charge in [-0.1, -0.05) is 60.7 Å². The molecule has 0 spiro atoms. The van der Waals surface area contributed by atoms with E-state index in [-0.39, 0.29) is 0 Å². The highest BCUT2D eigenvalue weighted by molar-refractivity contribution is 6.10. The van der Waals surface area contributed by atoms with Gasteiger partial charge in [0, 0.05) is 31.6 Å². The molecule has 0 bridgehead atoms. The van der Waals surface area contributed by atoms with Gasteiger partial charge in [0.05, 0.1) is 24.6 Å². The summed E-state index contributed by atoms with van der Waals surface area (Å²) >= 11 is 0. The van der Waals surface area contributed by atoms with Crippen molar-refractivity contribution >= 4 is 20.5 Å². The molecule has 2 atom stereocenters. The van der Waals surface area contributed by atoms with E-state index >= 15 is 0 Å². The first-order chi connectivity index (χ1) is 26.7. The van der Waals surface area contributed by atoms with Crippen molar-refractivity contribution in [1.29, 1.82) is 0 Å². The SMILES string of the molecule is CCOc1ccc(C(C[Si])(OC(C[Si])(c2ccc(OCC)cc2)c2cc(C)c(C)c(Oc3ccccc3)n2)c2cc(C)c(C)c(Oc3ccccc3)n2)cc1. The molecule has 0 saturated heterocycles. The number of aromatic nitrogens is 2. The second-order valence-corrected chi connectivity index (χ2v) is 14.1. The largest absolute Gasteiger partial charge is 0.494 e. The Morgan fingerprint density at radius 1 is 0.491 bits per heavy atom. The van der Waals surface area contributed by atoms with Crippen molar-refractivity contribution in [3.63, 3.8) is 0 Å². The molecule has 0 aliphatic rings. The van der Waals surface area contributed by atoms with Crippen LogP contribution in [0.15, 0.2) is 121 Å². The monoisotopic (exact) mass is 762 g/mol. The first-order valence-electron chi connectivity index (χ1n) is 18.6. The molecule has 55 heavy (non-hydrogen) atoms. The number of ether oxygens (including phenoxy) is 5. The van der Waals surface area contributed by atoms with Gasteiger partial charge in [0.2, 0.25) is 11.8 Å². The maximum absolute atomic E-state index is 7.85. The first kappa shape index (κ1) is 39.5. The number of nitrogens with zero attached hydrogens (tertiary/aromatic N) is 2.